The Morgan fingerprint density at radius 2 is 0.974 bits per heavy atom. The maximum absolute atomic E-state index is 11.3. The maximum atomic E-state index is 11.3. The number of carboxylic acids is 2. The molecule has 5 aromatic rings. The highest BCUT2D eigenvalue weighted by Crippen LogP contribution is 2.29. The number of hydrogen-bond acceptors (Lipinski definition) is 7. The summed E-state index contributed by atoms with van der Waals surface area (Å²) in [5, 5.41) is 50.5. The van der Waals surface area contributed by atoms with Crippen molar-refractivity contribution in [1.29, 1.82) is 0 Å². The van der Waals surface area contributed by atoms with Gasteiger partial charge in [0.2, 0.25) is 0 Å². The molecule has 0 fully saturated rings. The third kappa shape index (κ3) is 5.09. The van der Waals surface area contributed by atoms with Crippen LogP contribution in [0.1, 0.15) is 43.2 Å². The molecular formula is C30H20N2O7. The number of rotatable bonds is 6. The lowest BCUT2D eigenvalue weighted by molar-refractivity contribution is 0.0682. The molecule has 0 saturated carbocycles. The molecule has 3 aromatic carbocycles. The molecule has 5 rings (SSSR count). The van der Waals surface area contributed by atoms with Gasteiger partial charge < -0.3 is 25.5 Å². The van der Waals surface area contributed by atoms with E-state index in [2.05, 4.69) is 9.97 Å². The molecule has 0 atom stereocenters. The maximum Gasteiger partial charge on any atom is 0.339 e. The zero-order chi connectivity index (χ0) is 27.7. The van der Waals surface area contributed by atoms with Gasteiger partial charge in [0.1, 0.15) is 27.9 Å². The lowest BCUT2D eigenvalue weighted by Gasteiger charge is -2.05. The Hall–Kier alpha value is -5.70. The van der Waals surface area contributed by atoms with E-state index >= 15 is 0 Å². The van der Waals surface area contributed by atoms with Gasteiger partial charge in [0.25, 0.3) is 0 Å². The van der Waals surface area contributed by atoms with Crippen molar-refractivity contribution in [2.45, 2.75) is 0 Å². The standard InChI is InChI=1S/C30H20N2O7/c33-22-14-16(1-7-20-9-3-18-5-11-23(29(36)37)27(34)25(18)31-20)13-17(15-22)2-8-21-10-4-19-6-12-24(30(38)39)28(35)26(19)32-21/h1-15,33-35H,(H,36,37)(H,38,39)/b7-1+,8-2+. The molecule has 2 heterocycles. The zero-order valence-corrected chi connectivity index (χ0v) is 20.1. The molecule has 0 amide bonds. The molecule has 39 heavy (non-hydrogen) atoms. The van der Waals surface area contributed by atoms with Crippen molar-refractivity contribution >= 4 is 58.0 Å². The number of nitrogens with zero attached hydrogens (tertiary/aromatic N) is 2. The molecule has 0 aliphatic heterocycles. The summed E-state index contributed by atoms with van der Waals surface area (Å²) in [7, 11) is 0. The van der Waals surface area contributed by atoms with Crippen molar-refractivity contribution < 1.29 is 35.1 Å². The minimum absolute atomic E-state index is 0.0160. The monoisotopic (exact) mass is 520 g/mol. The van der Waals surface area contributed by atoms with E-state index in [9.17, 15) is 35.1 Å². The van der Waals surface area contributed by atoms with E-state index in [1.807, 2.05) is 0 Å². The largest absolute Gasteiger partial charge is 0.508 e. The summed E-state index contributed by atoms with van der Waals surface area (Å²) in [4.78, 5) is 31.3. The summed E-state index contributed by atoms with van der Waals surface area (Å²) in [5.41, 5.74) is 2.11. The summed E-state index contributed by atoms with van der Waals surface area (Å²) in [6, 6.07) is 17.6. The van der Waals surface area contributed by atoms with Crippen LogP contribution in [-0.2, 0) is 0 Å². The minimum atomic E-state index is -1.25. The summed E-state index contributed by atoms with van der Waals surface area (Å²) in [6.07, 6.45) is 6.76. The molecule has 0 unspecified atom stereocenters. The van der Waals surface area contributed by atoms with Crippen LogP contribution in [-0.4, -0.2) is 47.4 Å². The predicted molar refractivity (Wildman–Crippen MR) is 147 cm³/mol. The third-order valence-corrected chi connectivity index (χ3v) is 6.03. The van der Waals surface area contributed by atoms with Crippen molar-refractivity contribution in [3.05, 3.63) is 100 Å². The predicted octanol–water partition coefficient (Wildman–Crippen LogP) is 5.64. The summed E-state index contributed by atoms with van der Waals surface area (Å²) < 4.78 is 0. The molecular weight excluding hydrogens is 500 g/mol. The van der Waals surface area contributed by atoms with Crippen LogP contribution in [0.15, 0.2) is 66.7 Å². The average Bonchev–Trinajstić information content (AvgIpc) is 2.91. The smallest absolute Gasteiger partial charge is 0.339 e. The lowest BCUT2D eigenvalue weighted by atomic mass is 10.1. The highest BCUT2D eigenvalue weighted by Gasteiger charge is 2.14. The number of benzene rings is 3. The Kier molecular flexibility index (Phi) is 6.39. The zero-order valence-electron chi connectivity index (χ0n) is 20.1. The minimum Gasteiger partial charge on any atom is -0.508 e. The Bertz CT molecular complexity index is 1730. The van der Waals surface area contributed by atoms with Gasteiger partial charge >= 0.3 is 11.9 Å². The van der Waals surface area contributed by atoms with E-state index in [1.165, 1.54) is 12.1 Å². The highest BCUT2D eigenvalue weighted by molar-refractivity contribution is 6.00. The number of aromatic hydroxyl groups is 3. The summed E-state index contributed by atoms with van der Waals surface area (Å²) in [6.45, 7) is 0. The van der Waals surface area contributed by atoms with Gasteiger partial charge in [0.05, 0.1) is 11.4 Å². The van der Waals surface area contributed by atoms with Crippen LogP contribution < -0.4 is 0 Å². The van der Waals surface area contributed by atoms with E-state index in [-0.39, 0.29) is 27.9 Å². The Labute approximate surface area is 220 Å². The second kappa shape index (κ2) is 9.98. The molecule has 192 valence electrons. The van der Waals surface area contributed by atoms with Crippen molar-refractivity contribution in [3.8, 4) is 17.2 Å². The van der Waals surface area contributed by atoms with Crippen LogP contribution in [0.3, 0.4) is 0 Å². The highest BCUT2D eigenvalue weighted by atomic mass is 16.4. The molecule has 9 heteroatoms. The average molecular weight is 520 g/mol. The number of aromatic carboxylic acids is 2. The fourth-order valence-electron chi connectivity index (χ4n) is 4.12. The number of fused-ring (bicyclic) bond motifs is 2. The first-order chi connectivity index (χ1) is 18.7. The number of phenolic OH excluding ortho intramolecular Hbond substituents is 1. The number of carboxylic acid groups (broad SMARTS) is 2. The SMILES string of the molecule is O=C(O)c1ccc2ccc(/C=C/c3cc(O)cc(/C=C/c4ccc5ccc(C(=O)O)c(O)c5n4)c3)nc2c1O. The Morgan fingerprint density at radius 1 is 0.564 bits per heavy atom. The van der Waals surface area contributed by atoms with Crippen molar-refractivity contribution in [3.63, 3.8) is 0 Å². The Morgan fingerprint density at radius 3 is 1.38 bits per heavy atom. The van der Waals surface area contributed by atoms with Crippen LogP contribution in [0.25, 0.3) is 46.1 Å². The molecule has 9 nitrogen and oxygen atoms in total. The van der Waals surface area contributed by atoms with Crippen LogP contribution in [0.2, 0.25) is 0 Å². The van der Waals surface area contributed by atoms with E-state index in [4.69, 9.17) is 0 Å². The van der Waals surface area contributed by atoms with Crippen molar-refractivity contribution in [1.82, 2.24) is 9.97 Å². The van der Waals surface area contributed by atoms with Gasteiger partial charge in [0, 0.05) is 10.8 Å². The van der Waals surface area contributed by atoms with E-state index in [1.54, 1.807) is 78.9 Å². The van der Waals surface area contributed by atoms with Crippen LogP contribution in [0.5, 0.6) is 17.2 Å². The molecule has 0 radical (unpaired) electrons. The molecule has 0 bridgehead atoms. The first kappa shape index (κ1) is 25.0. The fraction of sp³-hybridized carbons (Fsp3) is 0. The van der Waals surface area contributed by atoms with Gasteiger partial charge in [-0.3, -0.25) is 0 Å². The normalized spacial score (nSPS) is 11.6. The van der Waals surface area contributed by atoms with Gasteiger partial charge in [0.15, 0.2) is 11.5 Å². The number of carbonyl (C=O) groups is 2. The first-order valence-corrected chi connectivity index (χ1v) is 11.6. The van der Waals surface area contributed by atoms with Gasteiger partial charge in [-0.1, -0.05) is 36.4 Å². The van der Waals surface area contributed by atoms with Gasteiger partial charge in [-0.05, 0) is 65.7 Å². The number of pyridine rings is 2. The molecule has 5 N–H and O–H groups in total. The second-order valence-corrected chi connectivity index (χ2v) is 8.67. The van der Waals surface area contributed by atoms with Gasteiger partial charge in [-0.15, -0.1) is 0 Å². The van der Waals surface area contributed by atoms with Crippen LogP contribution in [0.4, 0.5) is 0 Å². The van der Waals surface area contributed by atoms with Crippen molar-refractivity contribution in [2.75, 3.05) is 0 Å². The summed E-state index contributed by atoms with van der Waals surface area (Å²) >= 11 is 0. The van der Waals surface area contributed by atoms with E-state index < -0.39 is 23.4 Å². The van der Waals surface area contributed by atoms with E-state index in [0.717, 1.165) is 0 Å². The third-order valence-electron chi connectivity index (χ3n) is 6.03. The number of hydrogen-bond donors (Lipinski definition) is 5. The van der Waals surface area contributed by atoms with Crippen molar-refractivity contribution in [2.24, 2.45) is 0 Å². The number of aromatic nitrogens is 2. The fourth-order valence-corrected chi connectivity index (χ4v) is 4.12. The van der Waals surface area contributed by atoms with Gasteiger partial charge in [-0.2, -0.15) is 0 Å². The topological polar surface area (TPSA) is 161 Å². The van der Waals surface area contributed by atoms with Gasteiger partial charge in [-0.25, -0.2) is 19.6 Å². The molecule has 0 aliphatic rings. The first-order valence-electron chi connectivity index (χ1n) is 11.6. The second-order valence-electron chi connectivity index (χ2n) is 8.67. The molecule has 0 aliphatic carbocycles. The lowest BCUT2D eigenvalue weighted by Crippen LogP contribution is -1.97. The van der Waals surface area contributed by atoms with Crippen LogP contribution >= 0.6 is 0 Å². The Balaban J connectivity index is 1.42. The van der Waals surface area contributed by atoms with E-state index in [0.29, 0.717) is 33.3 Å². The van der Waals surface area contributed by atoms with Crippen LogP contribution in [0, 0.1) is 0 Å². The molecule has 0 saturated heterocycles. The number of phenols is 3. The molecule has 2 aromatic heterocycles. The molecule has 0 spiro atoms. The quantitative estimate of drug-likeness (QED) is 0.191. The summed E-state index contributed by atoms with van der Waals surface area (Å²) in [5.74, 6) is -3.30.